The van der Waals surface area contributed by atoms with Crippen LogP contribution in [0.4, 0.5) is 0 Å². The smallest absolute Gasteiger partial charge is 0.0244 e. The molecule has 1 aliphatic rings. The molecule has 0 N–H and O–H groups in total. The molecule has 0 unspecified atom stereocenters. The highest BCUT2D eigenvalue weighted by Crippen LogP contribution is 2.56. The lowest BCUT2D eigenvalue weighted by Crippen LogP contribution is -2.36. The Labute approximate surface area is 90.5 Å². The molecule has 0 radical (unpaired) electrons. The molecule has 0 aromatic carbocycles. The summed E-state index contributed by atoms with van der Waals surface area (Å²) >= 11 is 0. The lowest BCUT2D eigenvalue weighted by molar-refractivity contribution is 0.0419. The molecule has 1 fully saturated rings. The summed E-state index contributed by atoms with van der Waals surface area (Å²) in [4.78, 5) is 0. The highest BCUT2D eigenvalue weighted by molar-refractivity contribution is 4.96. The largest absolute Gasteiger partial charge is 0.0602 e. The average molecular weight is 196 g/mol. The molecule has 1 saturated carbocycles. The highest BCUT2D eigenvalue weighted by atomic mass is 14.5. The lowest BCUT2D eigenvalue weighted by Gasteiger charge is -2.46. The second kappa shape index (κ2) is 3.54. The van der Waals surface area contributed by atoms with Crippen LogP contribution in [0.5, 0.6) is 0 Å². The van der Waals surface area contributed by atoms with E-state index in [2.05, 4.69) is 41.5 Å². The van der Waals surface area contributed by atoms with Crippen LogP contribution in [0.25, 0.3) is 0 Å². The molecule has 0 heterocycles. The molecule has 0 saturated heterocycles. The summed E-state index contributed by atoms with van der Waals surface area (Å²) < 4.78 is 0. The van der Waals surface area contributed by atoms with Crippen LogP contribution in [0.2, 0.25) is 0 Å². The standard InChI is InChI=1S/C14H28/c1-12(2,3)11-14(13(4,5)6)9-7-8-10-14/h7-11H2,1-6H3. The number of hydrogen-bond acceptors (Lipinski definition) is 0. The summed E-state index contributed by atoms with van der Waals surface area (Å²) in [5, 5.41) is 0. The maximum absolute atomic E-state index is 2.43. The van der Waals surface area contributed by atoms with E-state index < -0.39 is 0 Å². The van der Waals surface area contributed by atoms with Crippen LogP contribution in [0.1, 0.15) is 73.6 Å². The van der Waals surface area contributed by atoms with E-state index in [-0.39, 0.29) is 0 Å². The molecule has 84 valence electrons. The van der Waals surface area contributed by atoms with Gasteiger partial charge in [-0.05, 0) is 35.5 Å². The van der Waals surface area contributed by atoms with Gasteiger partial charge in [0.05, 0.1) is 0 Å². The van der Waals surface area contributed by atoms with E-state index in [1.807, 2.05) is 0 Å². The van der Waals surface area contributed by atoms with Gasteiger partial charge in [-0.2, -0.15) is 0 Å². The summed E-state index contributed by atoms with van der Waals surface area (Å²) in [5.74, 6) is 0. The fourth-order valence-corrected chi connectivity index (χ4v) is 3.26. The fraction of sp³-hybridized carbons (Fsp3) is 1.00. The maximum Gasteiger partial charge on any atom is -0.0244 e. The molecule has 0 aliphatic heterocycles. The Hall–Kier alpha value is 0. The van der Waals surface area contributed by atoms with Crippen molar-refractivity contribution in [2.45, 2.75) is 73.6 Å². The van der Waals surface area contributed by atoms with E-state index in [9.17, 15) is 0 Å². The van der Waals surface area contributed by atoms with Crippen molar-refractivity contribution in [1.29, 1.82) is 0 Å². The average Bonchev–Trinajstić information content (AvgIpc) is 2.31. The van der Waals surface area contributed by atoms with Gasteiger partial charge in [-0.3, -0.25) is 0 Å². The molecule has 1 aliphatic carbocycles. The third kappa shape index (κ3) is 2.52. The Kier molecular flexibility index (Phi) is 3.05. The second-order valence-corrected chi connectivity index (χ2v) is 7.47. The van der Waals surface area contributed by atoms with Gasteiger partial charge >= 0.3 is 0 Å². The summed E-state index contributed by atoms with van der Waals surface area (Å²) in [5.41, 5.74) is 1.58. The normalized spacial score (nSPS) is 22.7. The molecule has 0 heteroatoms. The number of hydrogen-bond donors (Lipinski definition) is 0. The zero-order valence-electron chi connectivity index (χ0n) is 11.0. The van der Waals surface area contributed by atoms with Crippen LogP contribution < -0.4 is 0 Å². The van der Waals surface area contributed by atoms with E-state index >= 15 is 0 Å². The minimum atomic E-state index is 0.483. The zero-order valence-corrected chi connectivity index (χ0v) is 11.0. The van der Waals surface area contributed by atoms with Crippen LogP contribution in [-0.2, 0) is 0 Å². The molecular formula is C14H28. The third-order valence-corrected chi connectivity index (χ3v) is 4.02. The van der Waals surface area contributed by atoms with Gasteiger partial charge in [-0.25, -0.2) is 0 Å². The molecular weight excluding hydrogens is 168 g/mol. The van der Waals surface area contributed by atoms with Gasteiger partial charge < -0.3 is 0 Å². The van der Waals surface area contributed by atoms with E-state index in [0.29, 0.717) is 16.2 Å². The minimum Gasteiger partial charge on any atom is -0.0602 e. The summed E-state index contributed by atoms with van der Waals surface area (Å²) in [6.45, 7) is 14.5. The molecule has 0 bridgehead atoms. The van der Waals surface area contributed by atoms with Gasteiger partial charge in [0.2, 0.25) is 0 Å². The van der Waals surface area contributed by atoms with Crippen molar-refractivity contribution in [3.63, 3.8) is 0 Å². The van der Waals surface area contributed by atoms with Gasteiger partial charge in [-0.1, -0.05) is 54.4 Å². The van der Waals surface area contributed by atoms with E-state index in [1.165, 1.54) is 32.1 Å². The van der Waals surface area contributed by atoms with Crippen molar-refractivity contribution in [2.24, 2.45) is 16.2 Å². The lowest BCUT2D eigenvalue weighted by atomic mass is 9.59. The van der Waals surface area contributed by atoms with Crippen molar-refractivity contribution in [1.82, 2.24) is 0 Å². The van der Waals surface area contributed by atoms with Crippen molar-refractivity contribution < 1.29 is 0 Å². The van der Waals surface area contributed by atoms with Crippen molar-refractivity contribution in [3.05, 3.63) is 0 Å². The SMILES string of the molecule is CC(C)(C)CC1(C(C)(C)C)CCCC1. The topological polar surface area (TPSA) is 0 Å². The van der Waals surface area contributed by atoms with Crippen molar-refractivity contribution in [2.75, 3.05) is 0 Å². The fourth-order valence-electron chi connectivity index (χ4n) is 3.26. The van der Waals surface area contributed by atoms with Crippen LogP contribution in [-0.4, -0.2) is 0 Å². The molecule has 1 rings (SSSR count). The Morgan fingerprint density at radius 1 is 0.857 bits per heavy atom. The predicted molar refractivity (Wildman–Crippen MR) is 64.4 cm³/mol. The van der Waals surface area contributed by atoms with Crippen molar-refractivity contribution >= 4 is 0 Å². The third-order valence-electron chi connectivity index (χ3n) is 4.02. The molecule has 0 atom stereocenters. The molecule has 0 amide bonds. The summed E-state index contributed by atoms with van der Waals surface area (Å²) in [6, 6.07) is 0. The predicted octanol–water partition coefficient (Wildman–Crippen LogP) is 5.03. The maximum atomic E-state index is 2.43. The van der Waals surface area contributed by atoms with Gasteiger partial charge in [-0.15, -0.1) is 0 Å². The molecule has 0 nitrogen and oxygen atoms in total. The first kappa shape index (κ1) is 12.1. The monoisotopic (exact) mass is 196 g/mol. The molecule has 14 heavy (non-hydrogen) atoms. The first-order valence-corrected chi connectivity index (χ1v) is 6.16. The van der Waals surface area contributed by atoms with Crippen LogP contribution in [0.15, 0.2) is 0 Å². The second-order valence-electron chi connectivity index (χ2n) is 7.47. The molecule has 0 aromatic heterocycles. The Morgan fingerprint density at radius 3 is 1.57 bits per heavy atom. The van der Waals surface area contributed by atoms with E-state index in [1.54, 1.807) is 0 Å². The zero-order chi connectivity index (χ0) is 11.0. The van der Waals surface area contributed by atoms with Crippen LogP contribution >= 0.6 is 0 Å². The van der Waals surface area contributed by atoms with E-state index in [0.717, 1.165) is 0 Å². The summed E-state index contributed by atoms with van der Waals surface area (Å²) in [7, 11) is 0. The quantitative estimate of drug-likeness (QED) is 0.552. The first-order chi connectivity index (χ1) is 6.16. The number of rotatable bonds is 1. The Bertz CT molecular complexity index is 181. The van der Waals surface area contributed by atoms with Gasteiger partial charge in [0.15, 0.2) is 0 Å². The molecule has 0 spiro atoms. The Morgan fingerprint density at radius 2 is 1.29 bits per heavy atom. The molecule has 0 aromatic rings. The van der Waals surface area contributed by atoms with Crippen LogP contribution in [0.3, 0.4) is 0 Å². The first-order valence-electron chi connectivity index (χ1n) is 6.16. The Balaban J connectivity index is 2.83. The van der Waals surface area contributed by atoms with Gasteiger partial charge in [0.25, 0.3) is 0 Å². The van der Waals surface area contributed by atoms with E-state index in [4.69, 9.17) is 0 Å². The minimum absolute atomic E-state index is 0.483. The van der Waals surface area contributed by atoms with Gasteiger partial charge in [0, 0.05) is 0 Å². The summed E-state index contributed by atoms with van der Waals surface area (Å²) in [6.07, 6.45) is 7.20. The van der Waals surface area contributed by atoms with Crippen LogP contribution in [0, 0.1) is 16.2 Å². The van der Waals surface area contributed by atoms with Crippen molar-refractivity contribution in [3.8, 4) is 0 Å². The van der Waals surface area contributed by atoms with Gasteiger partial charge in [0.1, 0.15) is 0 Å². The highest BCUT2D eigenvalue weighted by Gasteiger charge is 2.45.